The summed E-state index contributed by atoms with van der Waals surface area (Å²) in [6.07, 6.45) is 2.77. The van der Waals surface area contributed by atoms with Gasteiger partial charge in [-0.2, -0.15) is 0 Å². The summed E-state index contributed by atoms with van der Waals surface area (Å²) < 4.78 is 0. The van der Waals surface area contributed by atoms with Crippen LogP contribution in [-0.4, -0.2) is 16.1 Å². The van der Waals surface area contributed by atoms with Crippen molar-refractivity contribution < 1.29 is 42.6 Å². The summed E-state index contributed by atoms with van der Waals surface area (Å²) in [7, 11) is 0. The van der Waals surface area contributed by atoms with Gasteiger partial charge in [-0.3, -0.25) is 9.59 Å². The van der Waals surface area contributed by atoms with E-state index in [9.17, 15) is 4.79 Å². The van der Waals surface area contributed by atoms with E-state index in [1.54, 1.807) is 6.20 Å². The van der Waals surface area contributed by atoms with E-state index in [0.29, 0.717) is 0 Å². The SMILES string of the molecule is C=C.CC.CC(=O)O.CCc1c[nH]c(=O)c(C)c1C.[Y]. The zero-order chi connectivity index (χ0) is 16.0. The average Bonchev–Trinajstić information content (AvgIpc) is 2.40. The molecule has 0 saturated heterocycles. The van der Waals surface area contributed by atoms with Crippen molar-refractivity contribution in [3.05, 3.63) is 46.4 Å². The van der Waals surface area contributed by atoms with Crippen LogP contribution in [0.2, 0.25) is 0 Å². The Hall–Kier alpha value is -0.736. The molecule has 0 bridgehead atoms. The van der Waals surface area contributed by atoms with Gasteiger partial charge in [-0.25, -0.2) is 0 Å². The maximum Gasteiger partial charge on any atom is 0.300 e. The van der Waals surface area contributed by atoms with Gasteiger partial charge in [-0.15, -0.1) is 13.2 Å². The maximum atomic E-state index is 11.1. The number of hydrogen-bond acceptors (Lipinski definition) is 2. The summed E-state index contributed by atoms with van der Waals surface area (Å²) in [5.74, 6) is -0.833. The molecule has 0 atom stereocenters. The molecule has 20 heavy (non-hydrogen) atoms. The van der Waals surface area contributed by atoms with Crippen molar-refractivity contribution in [1.29, 1.82) is 0 Å². The van der Waals surface area contributed by atoms with Gasteiger partial charge in [0.2, 0.25) is 0 Å². The number of carboxylic acid groups (broad SMARTS) is 1. The van der Waals surface area contributed by atoms with E-state index < -0.39 is 5.97 Å². The van der Waals surface area contributed by atoms with Crippen molar-refractivity contribution in [1.82, 2.24) is 4.98 Å². The van der Waals surface area contributed by atoms with Crippen LogP contribution in [0.1, 0.15) is 44.4 Å². The van der Waals surface area contributed by atoms with Gasteiger partial charge in [0.05, 0.1) is 0 Å². The number of aromatic nitrogens is 1. The van der Waals surface area contributed by atoms with Gasteiger partial charge < -0.3 is 10.1 Å². The first-order valence-electron chi connectivity index (χ1n) is 6.27. The molecular weight excluding hydrogens is 331 g/mol. The number of rotatable bonds is 1. The van der Waals surface area contributed by atoms with Crippen LogP contribution in [-0.2, 0) is 43.9 Å². The Morgan fingerprint density at radius 3 is 1.90 bits per heavy atom. The predicted octanol–water partition coefficient (Wildman–Crippen LogP) is 3.47. The van der Waals surface area contributed by atoms with Crippen LogP contribution in [0.15, 0.2) is 24.1 Å². The molecule has 0 unspecified atom stereocenters. The standard InChI is InChI=1S/C9H13NO.C2H4O2.C2H6.C2H4.Y/c1-4-8-5-10-9(11)7(3)6(8)2;1-2(3)4;2*1-2;/h5H,4H2,1-3H3,(H,10,11);1H3,(H,3,4);1-2H3;1-2H2;. The van der Waals surface area contributed by atoms with E-state index in [-0.39, 0.29) is 38.3 Å². The fraction of sp³-hybridized carbons (Fsp3) is 0.467. The molecule has 5 heteroatoms. The molecule has 0 saturated carbocycles. The van der Waals surface area contributed by atoms with E-state index in [4.69, 9.17) is 9.90 Å². The Kier molecular flexibility index (Phi) is 25.2. The van der Waals surface area contributed by atoms with Gasteiger partial charge in [0, 0.05) is 51.4 Å². The van der Waals surface area contributed by atoms with E-state index in [0.717, 1.165) is 24.5 Å². The Morgan fingerprint density at radius 2 is 1.60 bits per heavy atom. The molecule has 4 nitrogen and oxygen atoms in total. The van der Waals surface area contributed by atoms with Crippen LogP contribution < -0.4 is 5.56 Å². The minimum absolute atomic E-state index is 0. The third kappa shape index (κ3) is 13.7. The van der Waals surface area contributed by atoms with E-state index in [1.807, 2.05) is 27.7 Å². The van der Waals surface area contributed by atoms with Crippen molar-refractivity contribution in [2.75, 3.05) is 0 Å². The minimum Gasteiger partial charge on any atom is -0.481 e. The van der Waals surface area contributed by atoms with Crippen molar-refractivity contribution in [2.24, 2.45) is 0 Å². The summed E-state index contributed by atoms with van der Waals surface area (Å²) in [4.78, 5) is 22.8. The summed E-state index contributed by atoms with van der Waals surface area (Å²) in [6, 6.07) is 0. The second-order valence-electron chi connectivity index (χ2n) is 3.27. The molecule has 1 heterocycles. The second-order valence-corrected chi connectivity index (χ2v) is 3.27. The number of pyridine rings is 1. The minimum atomic E-state index is -0.833. The Bertz CT molecular complexity index is 410. The van der Waals surface area contributed by atoms with E-state index in [1.165, 1.54) is 5.56 Å². The monoisotopic (exact) mass is 358 g/mol. The fourth-order valence-corrected chi connectivity index (χ4v) is 1.15. The summed E-state index contributed by atoms with van der Waals surface area (Å²) in [5, 5.41) is 7.42. The number of aryl methyl sites for hydroxylation is 1. The van der Waals surface area contributed by atoms with E-state index in [2.05, 4.69) is 25.1 Å². The van der Waals surface area contributed by atoms with Gasteiger partial charge in [-0.1, -0.05) is 20.8 Å². The van der Waals surface area contributed by atoms with Crippen molar-refractivity contribution in [2.45, 2.75) is 48.0 Å². The molecule has 0 amide bonds. The number of aliphatic carboxylic acids is 1. The molecule has 0 fully saturated rings. The van der Waals surface area contributed by atoms with Crippen LogP contribution in [0, 0.1) is 13.8 Å². The number of hydrogen-bond donors (Lipinski definition) is 2. The average molecular weight is 358 g/mol. The Balaban J connectivity index is -0.000000122. The molecule has 113 valence electrons. The van der Waals surface area contributed by atoms with Gasteiger partial charge >= 0.3 is 0 Å². The van der Waals surface area contributed by atoms with Gasteiger partial charge in [0.15, 0.2) is 0 Å². The quantitative estimate of drug-likeness (QED) is 0.756. The third-order valence-electron chi connectivity index (χ3n) is 2.14. The van der Waals surface area contributed by atoms with Gasteiger partial charge in [-0.05, 0) is 31.4 Å². The first-order chi connectivity index (χ1) is 8.90. The molecule has 1 radical (unpaired) electrons. The third-order valence-corrected chi connectivity index (χ3v) is 2.14. The molecule has 0 aliphatic carbocycles. The zero-order valence-electron chi connectivity index (χ0n) is 13.5. The first-order valence-corrected chi connectivity index (χ1v) is 6.27. The zero-order valence-corrected chi connectivity index (χ0v) is 16.4. The first kappa shape index (κ1) is 27.6. The molecule has 1 aromatic rings. The molecule has 0 aliphatic rings. The molecule has 1 aromatic heterocycles. The van der Waals surface area contributed by atoms with Crippen LogP contribution in [0.5, 0.6) is 0 Å². The Labute approximate surface area is 147 Å². The van der Waals surface area contributed by atoms with Crippen molar-refractivity contribution in [3.63, 3.8) is 0 Å². The molecule has 2 N–H and O–H groups in total. The number of carbonyl (C=O) groups is 1. The number of aromatic amines is 1. The van der Waals surface area contributed by atoms with Gasteiger partial charge in [0.25, 0.3) is 11.5 Å². The molecular formula is C15H27NO3Y. The number of carboxylic acids is 1. The van der Waals surface area contributed by atoms with Gasteiger partial charge in [0.1, 0.15) is 0 Å². The van der Waals surface area contributed by atoms with Crippen LogP contribution >= 0.6 is 0 Å². The summed E-state index contributed by atoms with van der Waals surface area (Å²) in [5.41, 5.74) is 3.21. The molecule has 0 spiro atoms. The van der Waals surface area contributed by atoms with Crippen LogP contribution in [0.3, 0.4) is 0 Å². The molecule has 1 rings (SSSR count). The second kappa shape index (κ2) is 18.3. The summed E-state index contributed by atoms with van der Waals surface area (Å²) in [6.45, 7) is 17.0. The predicted molar refractivity (Wildman–Crippen MR) is 81.8 cm³/mol. The fourth-order valence-electron chi connectivity index (χ4n) is 1.15. The van der Waals surface area contributed by atoms with E-state index >= 15 is 0 Å². The normalized spacial score (nSPS) is 7.30. The maximum absolute atomic E-state index is 11.1. The van der Waals surface area contributed by atoms with Crippen LogP contribution in [0.25, 0.3) is 0 Å². The smallest absolute Gasteiger partial charge is 0.300 e. The van der Waals surface area contributed by atoms with Crippen molar-refractivity contribution >= 4 is 5.97 Å². The molecule has 0 aromatic carbocycles. The van der Waals surface area contributed by atoms with Crippen LogP contribution in [0.4, 0.5) is 0 Å². The molecule has 0 aliphatic heterocycles. The largest absolute Gasteiger partial charge is 0.481 e. The topological polar surface area (TPSA) is 70.2 Å². The number of nitrogens with one attached hydrogen (secondary N) is 1. The summed E-state index contributed by atoms with van der Waals surface area (Å²) >= 11 is 0. The Morgan fingerprint density at radius 1 is 1.25 bits per heavy atom. The number of H-pyrrole nitrogens is 1. The van der Waals surface area contributed by atoms with Crippen molar-refractivity contribution in [3.8, 4) is 0 Å².